The van der Waals surface area contributed by atoms with E-state index in [9.17, 15) is 4.79 Å². The Morgan fingerprint density at radius 3 is 2.44 bits per heavy atom. The molecule has 2 N–H and O–H groups in total. The summed E-state index contributed by atoms with van der Waals surface area (Å²) in [6.45, 7) is 8.14. The molecule has 0 saturated heterocycles. The van der Waals surface area contributed by atoms with E-state index in [1.54, 1.807) is 13.8 Å². The first-order valence-electron chi connectivity index (χ1n) is 6.34. The zero-order chi connectivity index (χ0) is 12.6. The van der Waals surface area contributed by atoms with E-state index in [4.69, 9.17) is 10.5 Å². The van der Waals surface area contributed by atoms with Crippen molar-refractivity contribution in [1.82, 2.24) is 0 Å². The Labute approximate surface area is 99.7 Å². The van der Waals surface area contributed by atoms with Crippen LogP contribution >= 0.6 is 0 Å². The van der Waals surface area contributed by atoms with E-state index in [-0.39, 0.29) is 5.97 Å². The summed E-state index contributed by atoms with van der Waals surface area (Å²) in [6, 6.07) is 0. The van der Waals surface area contributed by atoms with Crippen molar-refractivity contribution in [3.63, 3.8) is 0 Å². The molecule has 0 aromatic rings. The number of nitrogens with two attached hydrogens (primary N) is 1. The predicted molar refractivity (Wildman–Crippen MR) is 67.1 cm³/mol. The van der Waals surface area contributed by atoms with E-state index in [2.05, 4.69) is 13.8 Å². The lowest BCUT2D eigenvalue weighted by Gasteiger charge is -2.19. The van der Waals surface area contributed by atoms with Crippen molar-refractivity contribution < 1.29 is 9.53 Å². The molecule has 1 atom stereocenters. The number of carbonyl (C=O) groups is 1. The van der Waals surface area contributed by atoms with E-state index >= 15 is 0 Å². The quantitative estimate of drug-likeness (QED) is 0.514. The molecule has 0 bridgehead atoms. The predicted octanol–water partition coefficient (Wildman–Crippen LogP) is 2.87. The van der Waals surface area contributed by atoms with Crippen molar-refractivity contribution in [3.05, 3.63) is 0 Å². The van der Waals surface area contributed by atoms with Gasteiger partial charge in [0.05, 0.1) is 6.61 Å². The Morgan fingerprint density at radius 1 is 1.31 bits per heavy atom. The van der Waals surface area contributed by atoms with E-state index < -0.39 is 5.54 Å². The van der Waals surface area contributed by atoms with Gasteiger partial charge in [0.2, 0.25) is 0 Å². The number of unbranched alkanes of at least 4 members (excludes halogenated alkanes) is 3. The van der Waals surface area contributed by atoms with Crippen LogP contribution in [0.1, 0.15) is 59.8 Å². The molecule has 0 rings (SSSR count). The Bertz CT molecular complexity index is 197. The Morgan fingerprint density at radius 2 is 1.94 bits per heavy atom. The van der Waals surface area contributed by atoms with E-state index in [1.165, 1.54) is 25.7 Å². The van der Waals surface area contributed by atoms with Gasteiger partial charge in [-0.3, -0.25) is 4.79 Å². The average Bonchev–Trinajstić information content (AvgIpc) is 2.19. The van der Waals surface area contributed by atoms with Crippen molar-refractivity contribution in [2.24, 2.45) is 11.7 Å². The molecular formula is C13H27NO2. The summed E-state index contributed by atoms with van der Waals surface area (Å²) in [7, 11) is 0. The maximum atomic E-state index is 11.4. The minimum absolute atomic E-state index is 0.312. The largest absolute Gasteiger partial charge is 0.464 e. The zero-order valence-electron chi connectivity index (χ0n) is 11.2. The number of esters is 1. The summed E-state index contributed by atoms with van der Waals surface area (Å²) in [4.78, 5) is 11.4. The first-order valence-corrected chi connectivity index (χ1v) is 6.34. The summed E-state index contributed by atoms with van der Waals surface area (Å²) in [5, 5.41) is 0. The molecule has 16 heavy (non-hydrogen) atoms. The summed E-state index contributed by atoms with van der Waals surface area (Å²) in [5.74, 6) is 0.121. The average molecular weight is 229 g/mol. The van der Waals surface area contributed by atoms with Gasteiger partial charge in [0.15, 0.2) is 0 Å². The number of hydrogen-bond acceptors (Lipinski definition) is 3. The van der Waals surface area contributed by atoms with E-state index in [0.717, 1.165) is 6.42 Å². The monoisotopic (exact) mass is 229 g/mol. The number of rotatable bonds is 8. The van der Waals surface area contributed by atoms with Gasteiger partial charge in [0.1, 0.15) is 5.54 Å². The molecule has 96 valence electrons. The minimum atomic E-state index is -0.873. The van der Waals surface area contributed by atoms with Crippen molar-refractivity contribution in [2.75, 3.05) is 6.61 Å². The van der Waals surface area contributed by atoms with Gasteiger partial charge in [0.25, 0.3) is 0 Å². The minimum Gasteiger partial charge on any atom is -0.464 e. The molecule has 3 heteroatoms. The molecule has 0 radical (unpaired) electrons. The number of ether oxygens (including phenoxy) is 1. The summed E-state index contributed by atoms with van der Waals surface area (Å²) in [6.07, 6.45) is 6.17. The highest BCUT2D eigenvalue weighted by Crippen LogP contribution is 2.11. The van der Waals surface area contributed by atoms with Gasteiger partial charge in [-0.15, -0.1) is 0 Å². The van der Waals surface area contributed by atoms with Crippen LogP contribution in [-0.4, -0.2) is 18.1 Å². The smallest absolute Gasteiger partial charge is 0.325 e. The van der Waals surface area contributed by atoms with Crippen LogP contribution in [0.5, 0.6) is 0 Å². The molecular weight excluding hydrogens is 202 g/mol. The molecule has 0 aromatic heterocycles. The second-order valence-corrected chi connectivity index (χ2v) is 5.27. The van der Waals surface area contributed by atoms with Gasteiger partial charge in [-0.25, -0.2) is 0 Å². The highest BCUT2D eigenvalue weighted by molar-refractivity contribution is 5.79. The van der Waals surface area contributed by atoms with Crippen molar-refractivity contribution in [3.8, 4) is 0 Å². The fourth-order valence-electron chi connectivity index (χ4n) is 1.41. The summed E-state index contributed by atoms with van der Waals surface area (Å²) in [5.41, 5.74) is 4.76. The van der Waals surface area contributed by atoms with Crippen LogP contribution in [0, 0.1) is 5.92 Å². The molecule has 0 aliphatic heterocycles. The van der Waals surface area contributed by atoms with Gasteiger partial charge >= 0.3 is 5.97 Å². The number of hydrogen-bond donors (Lipinski definition) is 1. The molecule has 0 fully saturated rings. The van der Waals surface area contributed by atoms with Gasteiger partial charge in [-0.05, 0) is 26.2 Å². The van der Waals surface area contributed by atoms with E-state index in [1.807, 2.05) is 0 Å². The maximum absolute atomic E-state index is 11.4. The second kappa shape index (κ2) is 7.66. The van der Waals surface area contributed by atoms with Crippen molar-refractivity contribution in [2.45, 2.75) is 65.3 Å². The molecule has 0 aliphatic rings. The molecule has 0 heterocycles. The first kappa shape index (κ1) is 15.4. The molecule has 0 spiro atoms. The standard InChI is InChI=1S/C13H27NO2/c1-5-6-7-8-9-11(2)10-16-12(15)13(3,4)14/h11H,5-10,14H2,1-4H3. The maximum Gasteiger partial charge on any atom is 0.325 e. The van der Waals surface area contributed by atoms with Gasteiger partial charge < -0.3 is 10.5 Å². The van der Waals surface area contributed by atoms with E-state index in [0.29, 0.717) is 12.5 Å². The van der Waals surface area contributed by atoms with Crippen molar-refractivity contribution in [1.29, 1.82) is 0 Å². The van der Waals surface area contributed by atoms with Crippen LogP contribution < -0.4 is 5.73 Å². The Kier molecular flexibility index (Phi) is 7.39. The first-order chi connectivity index (χ1) is 7.38. The topological polar surface area (TPSA) is 52.3 Å². The van der Waals surface area contributed by atoms with Gasteiger partial charge in [-0.2, -0.15) is 0 Å². The molecule has 3 nitrogen and oxygen atoms in total. The summed E-state index contributed by atoms with van der Waals surface area (Å²) >= 11 is 0. The zero-order valence-corrected chi connectivity index (χ0v) is 11.2. The lowest BCUT2D eigenvalue weighted by atomic mass is 10.0. The third-order valence-corrected chi connectivity index (χ3v) is 2.58. The number of carbonyl (C=O) groups excluding carboxylic acids is 1. The molecule has 0 saturated carbocycles. The van der Waals surface area contributed by atoms with Crippen LogP contribution in [-0.2, 0) is 9.53 Å². The SMILES string of the molecule is CCCCCCC(C)COC(=O)C(C)(C)N. The Balaban J connectivity index is 3.57. The molecule has 0 amide bonds. The third kappa shape index (κ3) is 7.69. The lowest BCUT2D eigenvalue weighted by Crippen LogP contribution is -2.43. The molecule has 0 aromatic carbocycles. The second-order valence-electron chi connectivity index (χ2n) is 5.27. The van der Waals surface area contributed by atoms with Crippen LogP contribution in [0.15, 0.2) is 0 Å². The Hall–Kier alpha value is -0.570. The summed E-state index contributed by atoms with van der Waals surface area (Å²) < 4.78 is 5.16. The van der Waals surface area contributed by atoms with Crippen LogP contribution in [0.2, 0.25) is 0 Å². The molecule has 1 unspecified atom stereocenters. The van der Waals surface area contributed by atoms with Gasteiger partial charge in [0, 0.05) is 0 Å². The van der Waals surface area contributed by atoms with Crippen LogP contribution in [0.3, 0.4) is 0 Å². The lowest BCUT2D eigenvalue weighted by molar-refractivity contribution is -0.150. The fraction of sp³-hybridized carbons (Fsp3) is 0.923. The fourth-order valence-corrected chi connectivity index (χ4v) is 1.41. The highest BCUT2D eigenvalue weighted by atomic mass is 16.5. The highest BCUT2D eigenvalue weighted by Gasteiger charge is 2.23. The van der Waals surface area contributed by atoms with Crippen LogP contribution in [0.25, 0.3) is 0 Å². The molecule has 0 aliphatic carbocycles. The van der Waals surface area contributed by atoms with Crippen molar-refractivity contribution >= 4 is 5.97 Å². The van der Waals surface area contributed by atoms with Crippen LogP contribution in [0.4, 0.5) is 0 Å². The van der Waals surface area contributed by atoms with Gasteiger partial charge in [-0.1, -0.05) is 39.5 Å². The third-order valence-electron chi connectivity index (χ3n) is 2.58. The normalized spacial score (nSPS) is 13.6.